The maximum Gasteiger partial charge on any atom is 0.236 e. The molecule has 2 aromatic carbocycles. The Morgan fingerprint density at radius 3 is 2.54 bits per heavy atom. The SMILES string of the molecule is NC(=O)C1CCC(C2=NC(c3ccc4ncc(-c5ccccc5)nc4c3)=C3C=NC=C[N+]23N)CC1. The van der Waals surface area contributed by atoms with E-state index in [0.717, 1.165) is 70.8 Å². The number of amidine groups is 1. The fourth-order valence-electron chi connectivity index (χ4n) is 5.27. The molecule has 1 saturated carbocycles. The molecule has 8 nitrogen and oxygen atoms in total. The molecule has 1 aliphatic carbocycles. The lowest BCUT2D eigenvalue weighted by atomic mass is 9.80. The van der Waals surface area contributed by atoms with Crippen molar-refractivity contribution in [2.45, 2.75) is 25.7 Å². The molecule has 8 heteroatoms. The van der Waals surface area contributed by atoms with Crippen LogP contribution >= 0.6 is 0 Å². The van der Waals surface area contributed by atoms with E-state index in [9.17, 15) is 4.79 Å². The Kier molecular flexibility index (Phi) is 5.12. The summed E-state index contributed by atoms with van der Waals surface area (Å²) in [7, 11) is 0. The number of carbonyl (C=O) groups excluding carboxylic acids is 1. The zero-order valence-corrected chi connectivity index (χ0v) is 19.2. The summed E-state index contributed by atoms with van der Waals surface area (Å²) in [6, 6.07) is 16.0. The van der Waals surface area contributed by atoms with Crippen LogP contribution in [-0.2, 0) is 4.79 Å². The van der Waals surface area contributed by atoms with Gasteiger partial charge in [-0.05, 0) is 37.8 Å². The van der Waals surface area contributed by atoms with Gasteiger partial charge in [0.15, 0.2) is 0 Å². The Morgan fingerprint density at radius 2 is 1.77 bits per heavy atom. The first-order chi connectivity index (χ1) is 17.0. The smallest absolute Gasteiger partial charge is 0.236 e. The first-order valence-corrected chi connectivity index (χ1v) is 11.9. The lowest BCUT2D eigenvalue weighted by Gasteiger charge is -2.33. The predicted octanol–water partition coefficient (Wildman–Crippen LogP) is 3.92. The van der Waals surface area contributed by atoms with Crippen LogP contribution in [0.5, 0.6) is 0 Å². The normalized spacial score (nSPS) is 25.6. The quantitative estimate of drug-likeness (QED) is 0.449. The molecule has 1 aromatic heterocycles. The summed E-state index contributed by atoms with van der Waals surface area (Å²) in [6.07, 6.45) is 10.4. The minimum atomic E-state index is -0.217. The zero-order valence-electron chi connectivity index (χ0n) is 19.2. The largest absolute Gasteiger partial charge is 0.369 e. The number of nitrogens with two attached hydrogens (primary N) is 2. The van der Waals surface area contributed by atoms with Crippen LogP contribution in [0.15, 0.2) is 82.8 Å². The number of aliphatic imine (C=N–C) groups is 2. The second kappa shape index (κ2) is 8.33. The summed E-state index contributed by atoms with van der Waals surface area (Å²) in [5.74, 6) is 7.69. The van der Waals surface area contributed by atoms with Gasteiger partial charge in [0.2, 0.25) is 17.4 Å². The number of hydrogen-bond donors (Lipinski definition) is 2. The summed E-state index contributed by atoms with van der Waals surface area (Å²) in [5, 5.41) is 0. The highest BCUT2D eigenvalue weighted by atomic mass is 16.1. The Balaban J connectivity index is 1.40. The van der Waals surface area contributed by atoms with Crippen LogP contribution in [0.1, 0.15) is 31.2 Å². The molecule has 174 valence electrons. The Labute approximate surface area is 203 Å². The lowest BCUT2D eigenvalue weighted by molar-refractivity contribution is -0.754. The fraction of sp³-hybridized carbons (Fsp3) is 0.222. The molecule has 0 bridgehead atoms. The minimum absolute atomic E-state index is 0.0124. The topological polar surface area (TPSA) is 120 Å². The van der Waals surface area contributed by atoms with E-state index in [2.05, 4.69) is 9.98 Å². The lowest BCUT2D eigenvalue weighted by Crippen LogP contribution is -2.55. The minimum Gasteiger partial charge on any atom is -0.369 e. The van der Waals surface area contributed by atoms with Crippen LogP contribution in [0.3, 0.4) is 0 Å². The first kappa shape index (κ1) is 21.5. The number of nitrogens with zero attached hydrogens (tertiary/aromatic N) is 5. The van der Waals surface area contributed by atoms with E-state index in [1.165, 1.54) is 0 Å². The molecule has 0 saturated heterocycles. The first-order valence-electron chi connectivity index (χ1n) is 11.9. The van der Waals surface area contributed by atoms with E-state index in [-0.39, 0.29) is 22.3 Å². The number of hydrogen-bond acceptors (Lipinski definition) is 6. The van der Waals surface area contributed by atoms with Crippen LogP contribution < -0.4 is 11.6 Å². The number of benzene rings is 2. The van der Waals surface area contributed by atoms with Crippen molar-refractivity contribution in [3.63, 3.8) is 0 Å². The summed E-state index contributed by atoms with van der Waals surface area (Å²) < 4.78 is 0.0124. The van der Waals surface area contributed by atoms with Crippen LogP contribution in [0, 0.1) is 11.8 Å². The highest BCUT2D eigenvalue weighted by molar-refractivity contribution is 6.01. The van der Waals surface area contributed by atoms with E-state index in [1.807, 2.05) is 54.7 Å². The van der Waals surface area contributed by atoms with Crippen molar-refractivity contribution >= 4 is 34.7 Å². The second-order valence-corrected chi connectivity index (χ2v) is 9.33. The van der Waals surface area contributed by atoms with E-state index >= 15 is 0 Å². The molecule has 0 radical (unpaired) electrons. The Morgan fingerprint density at radius 1 is 0.971 bits per heavy atom. The summed E-state index contributed by atoms with van der Waals surface area (Å²) in [4.78, 5) is 30.6. The average Bonchev–Trinajstić information content (AvgIpc) is 3.21. The maximum atomic E-state index is 11.6. The van der Waals surface area contributed by atoms with Gasteiger partial charge < -0.3 is 5.73 Å². The van der Waals surface area contributed by atoms with E-state index < -0.39 is 0 Å². The number of primary amides is 1. The molecular weight excluding hydrogens is 438 g/mol. The molecule has 3 aromatic rings. The van der Waals surface area contributed by atoms with Crippen molar-refractivity contribution < 1.29 is 9.39 Å². The summed E-state index contributed by atoms with van der Waals surface area (Å²) >= 11 is 0. The molecule has 35 heavy (non-hydrogen) atoms. The molecule has 1 amide bonds. The van der Waals surface area contributed by atoms with Crippen LogP contribution in [0.4, 0.5) is 0 Å². The Bertz CT molecular complexity index is 1450. The molecule has 3 aliphatic rings. The fourth-order valence-corrected chi connectivity index (χ4v) is 5.27. The van der Waals surface area contributed by atoms with Gasteiger partial charge in [-0.1, -0.05) is 36.4 Å². The third-order valence-electron chi connectivity index (χ3n) is 7.21. The second-order valence-electron chi connectivity index (χ2n) is 9.33. The highest BCUT2D eigenvalue weighted by Gasteiger charge is 2.47. The Hall–Kier alpha value is -4.01. The van der Waals surface area contributed by atoms with Gasteiger partial charge in [0.1, 0.15) is 11.9 Å². The third kappa shape index (κ3) is 3.67. The predicted molar refractivity (Wildman–Crippen MR) is 136 cm³/mol. The molecule has 3 heterocycles. The van der Waals surface area contributed by atoms with Gasteiger partial charge in [-0.15, -0.1) is 4.59 Å². The highest BCUT2D eigenvalue weighted by Crippen LogP contribution is 2.40. The number of allylic oxidation sites excluding steroid dienone is 1. The molecule has 6 rings (SSSR count). The van der Waals surface area contributed by atoms with E-state index in [1.54, 1.807) is 18.6 Å². The number of carbonyl (C=O) groups is 1. The van der Waals surface area contributed by atoms with Gasteiger partial charge in [-0.2, -0.15) is 10.8 Å². The van der Waals surface area contributed by atoms with Crippen LogP contribution in [-0.4, -0.2) is 32.5 Å². The van der Waals surface area contributed by atoms with Crippen molar-refractivity contribution in [3.05, 3.63) is 78.4 Å². The summed E-state index contributed by atoms with van der Waals surface area (Å²) in [5.41, 5.74) is 11.5. The van der Waals surface area contributed by atoms with Gasteiger partial charge in [0, 0.05) is 17.0 Å². The van der Waals surface area contributed by atoms with Crippen molar-refractivity contribution in [1.82, 2.24) is 9.97 Å². The van der Waals surface area contributed by atoms with Crippen molar-refractivity contribution in [2.24, 2.45) is 33.4 Å². The number of quaternary nitrogens is 1. The number of fused-ring (bicyclic) bond motifs is 2. The molecule has 4 N–H and O–H groups in total. The monoisotopic (exact) mass is 464 g/mol. The standard InChI is InChI=1S/C27H25N7O/c28-26(35)18-6-8-19(9-7-18)27-33-25(24-16-30-12-13-34(24,27)29)20-10-11-21-22(14-20)32-23(15-31-21)17-4-2-1-3-5-17/h1-5,10-16,18-19H,6-9,29H2,(H-,28,35)/p+1. The van der Waals surface area contributed by atoms with Gasteiger partial charge >= 0.3 is 0 Å². The number of rotatable bonds is 4. The summed E-state index contributed by atoms with van der Waals surface area (Å²) in [6.45, 7) is 0. The van der Waals surface area contributed by atoms with Gasteiger partial charge in [-0.3, -0.25) is 14.8 Å². The van der Waals surface area contributed by atoms with Crippen molar-refractivity contribution in [3.8, 4) is 11.3 Å². The van der Waals surface area contributed by atoms with Crippen molar-refractivity contribution in [2.75, 3.05) is 0 Å². The number of aromatic nitrogens is 2. The molecule has 2 aliphatic heterocycles. The molecule has 1 fully saturated rings. The van der Waals surface area contributed by atoms with Gasteiger partial charge in [-0.25, -0.2) is 4.98 Å². The maximum absolute atomic E-state index is 11.6. The van der Waals surface area contributed by atoms with Crippen LogP contribution in [0.25, 0.3) is 28.0 Å². The van der Waals surface area contributed by atoms with Crippen molar-refractivity contribution in [1.29, 1.82) is 0 Å². The molecule has 1 atom stereocenters. The van der Waals surface area contributed by atoms with E-state index in [4.69, 9.17) is 21.6 Å². The third-order valence-corrected chi connectivity index (χ3v) is 7.21. The molecule has 0 spiro atoms. The van der Waals surface area contributed by atoms with E-state index in [0.29, 0.717) is 0 Å². The zero-order chi connectivity index (χ0) is 24.0. The molecular formula is C27H26N7O+. The molecule has 1 unspecified atom stereocenters. The average molecular weight is 465 g/mol. The van der Waals surface area contributed by atoms with Gasteiger partial charge in [0.05, 0.1) is 41.3 Å². The van der Waals surface area contributed by atoms with Crippen LogP contribution in [0.2, 0.25) is 0 Å². The van der Waals surface area contributed by atoms with Gasteiger partial charge in [0.25, 0.3) is 0 Å². The number of amides is 1.